The lowest BCUT2D eigenvalue weighted by Crippen LogP contribution is -2.25. The van der Waals surface area contributed by atoms with Crippen molar-refractivity contribution in [2.45, 2.75) is 13.3 Å². The van der Waals surface area contributed by atoms with E-state index in [1.54, 1.807) is 7.05 Å². The first-order chi connectivity index (χ1) is 8.04. The van der Waals surface area contributed by atoms with Crippen molar-refractivity contribution in [3.8, 4) is 0 Å². The van der Waals surface area contributed by atoms with Gasteiger partial charge in [-0.1, -0.05) is 6.92 Å². The van der Waals surface area contributed by atoms with Gasteiger partial charge in [-0.2, -0.15) is 4.37 Å². The molecule has 1 saturated carbocycles. The maximum atomic E-state index is 11.7. The summed E-state index contributed by atoms with van der Waals surface area (Å²) in [6.45, 7) is 3.21. The van der Waals surface area contributed by atoms with Crippen molar-refractivity contribution in [3.05, 3.63) is 5.56 Å². The summed E-state index contributed by atoms with van der Waals surface area (Å²) in [6.07, 6.45) is 1.27. The Hall–Kier alpha value is -1.30. The number of nitrogens with two attached hydrogens (primary N) is 1. The Morgan fingerprint density at radius 1 is 1.71 bits per heavy atom. The normalized spacial score (nSPS) is 22.3. The standard InChI is InChI=1S/C11H18N4OS/c1-6-4-7(6)5-15(3)11-8(10(16)13-2)9(12)14-17-11/h6-7H,4-5H2,1-3H3,(H2,12,14)(H,13,16). The first-order valence-electron chi connectivity index (χ1n) is 5.73. The fraction of sp³-hybridized carbons (Fsp3) is 0.636. The number of rotatable bonds is 4. The molecule has 3 N–H and O–H groups in total. The van der Waals surface area contributed by atoms with Crippen LogP contribution in [-0.4, -0.2) is 30.9 Å². The van der Waals surface area contributed by atoms with Gasteiger partial charge >= 0.3 is 0 Å². The summed E-state index contributed by atoms with van der Waals surface area (Å²) in [5.41, 5.74) is 6.25. The van der Waals surface area contributed by atoms with Crippen molar-refractivity contribution in [1.29, 1.82) is 0 Å². The van der Waals surface area contributed by atoms with Crippen LogP contribution in [0.3, 0.4) is 0 Å². The Balaban J connectivity index is 2.16. The molecule has 0 saturated heterocycles. The molecule has 2 atom stereocenters. The zero-order valence-electron chi connectivity index (χ0n) is 10.4. The monoisotopic (exact) mass is 254 g/mol. The van der Waals surface area contributed by atoms with Gasteiger partial charge in [0.05, 0.1) is 0 Å². The average molecular weight is 254 g/mol. The molecule has 17 heavy (non-hydrogen) atoms. The first-order valence-corrected chi connectivity index (χ1v) is 6.50. The first kappa shape index (κ1) is 12.2. The number of aromatic nitrogens is 1. The van der Waals surface area contributed by atoms with E-state index in [-0.39, 0.29) is 5.91 Å². The van der Waals surface area contributed by atoms with Gasteiger partial charge in [0.15, 0.2) is 5.82 Å². The zero-order chi connectivity index (χ0) is 12.6. The topological polar surface area (TPSA) is 71.2 Å². The Bertz CT molecular complexity index is 431. The van der Waals surface area contributed by atoms with Gasteiger partial charge in [0, 0.05) is 20.6 Å². The van der Waals surface area contributed by atoms with Gasteiger partial charge in [0.25, 0.3) is 5.91 Å². The molecule has 0 radical (unpaired) electrons. The molecular weight excluding hydrogens is 236 g/mol. The summed E-state index contributed by atoms with van der Waals surface area (Å²) in [7, 11) is 3.59. The molecule has 6 heteroatoms. The van der Waals surface area contributed by atoms with E-state index in [4.69, 9.17) is 5.73 Å². The molecular formula is C11H18N4OS. The van der Waals surface area contributed by atoms with E-state index in [0.717, 1.165) is 23.4 Å². The Labute approximate surface area is 105 Å². The second-order valence-electron chi connectivity index (χ2n) is 4.68. The molecule has 1 aliphatic rings. The number of nitrogens with one attached hydrogen (secondary N) is 1. The number of hydrogen-bond donors (Lipinski definition) is 2. The number of nitrogen functional groups attached to an aromatic ring is 1. The highest BCUT2D eigenvalue weighted by molar-refractivity contribution is 7.11. The number of anilines is 2. The van der Waals surface area contributed by atoms with E-state index >= 15 is 0 Å². The molecule has 1 aromatic heterocycles. The third kappa shape index (κ3) is 2.36. The summed E-state index contributed by atoms with van der Waals surface area (Å²) in [5, 5.41) is 3.46. The molecule has 0 bridgehead atoms. The van der Waals surface area contributed by atoms with Gasteiger partial charge in [-0.3, -0.25) is 4.79 Å². The maximum absolute atomic E-state index is 11.7. The molecule has 1 fully saturated rings. The SMILES string of the molecule is CNC(=O)c1c(N)nsc1N(C)CC1CC1C. The van der Waals surface area contributed by atoms with Crippen molar-refractivity contribution in [2.75, 3.05) is 31.3 Å². The van der Waals surface area contributed by atoms with Gasteiger partial charge in [-0.15, -0.1) is 0 Å². The predicted octanol–water partition coefficient (Wildman–Crippen LogP) is 1.18. The number of carbonyl (C=O) groups excluding carboxylic acids is 1. The summed E-state index contributed by atoms with van der Waals surface area (Å²) in [4.78, 5) is 13.8. The van der Waals surface area contributed by atoms with E-state index < -0.39 is 0 Å². The fourth-order valence-corrected chi connectivity index (χ4v) is 2.76. The van der Waals surface area contributed by atoms with Gasteiger partial charge in [-0.05, 0) is 29.8 Å². The number of nitrogens with zero attached hydrogens (tertiary/aromatic N) is 2. The van der Waals surface area contributed by atoms with Crippen LogP contribution < -0.4 is 16.0 Å². The quantitative estimate of drug-likeness (QED) is 0.846. The van der Waals surface area contributed by atoms with Crippen LogP contribution >= 0.6 is 11.5 Å². The predicted molar refractivity (Wildman–Crippen MR) is 70.5 cm³/mol. The molecule has 0 aliphatic heterocycles. The highest BCUT2D eigenvalue weighted by Gasteiger charge is 2.34. The molecule has 1 heterocycles. The van der Waals surface area contributed by atoms with E-state index in [0.29, 0.717) is 11.4 Å². The summed E-state index contributed by atoms with van der Waals surface area (Å²) in [5.74, 6) is 1.69. The summed E-state index contributed by atoms with van der Waals surface area (Å²) >= 11 is 1.29. The van der Waals surface area contributed by atoms with Crippen molar-refractivity contribution in [2.24, 2.45) is 11.8 Å². The van der Waals surface area contributed by atoms with Crippen LogP contribution in [0.4, 0.5) is 10.8 Å². The van der Waals surface area contributed by atoms with E-state index in [1.165, 1.54) is 18.0 Å². The van der Waals surface area contributed by atoms with Gasteiger partial charge in [0.1, 0.15) is 10.6 Å². The lowest BCUT2D eigenvalue weighted by Gasteiger charge is -2.18. The summed E-state index contributed by atoms with van der Waals surface area (Å²) < 4.78 is 4.07. The van der Waals surface area contributed by atoms with E-state index in [9.17, 15) is 4.79 Å². The van der Waals surface area contributed by atoms with Crippen LogP contribution in [0.2, 0.25) is 0 Å². The van der Waals surface area contributed by atoms with Crippen molar-refractivity contribution >= 4 is 28.3 Å². The van der Waals surface area contributed by atoms with Crippen LogP contribution in [-0.2, 0) is 0 Å². The lowest BCUT2D eigenvalue weighted by atomic mass is 10.2. The fourth-order valence-electron chi connectivity index (χ4n) is 1.98. The van der Waals surface area contributed by atoms with E-state index in [1.807, 2.05) is 7.05 Å². The molecule has 1 aliphatic carbocycles. The molecule has 5 nitrogen and oxygen atoms in total. The highest BCUT2D eigenvalue weighted by Crippen LogP contribution is 2.40. The van der Waals surface area contributed by atoms with E-state index in [2.05, 4.69) is 21.5 Å². The highest BCUT2D eigenvalue weighted by atomic mass is 32.1. The zero-order valence-corrected chi connectivity index (χ0v) is 11.2. The second-order valence-corrected chi connectivity index (χ2v) is 5.43. The number of carbonyl (C=O) groups is 1. The number of amides is 1. The third-order valence-electron chi connectivity index (χ3n) is 3.29. The van der Waals surface area contributed by atoms with Crippen LogP contribution in [0.1, 0.15) is 23.7 Å². The Morgan fingerprint density at radius 3 is 2.88 bits per heavy atom. The molecule has 0 spiro atoms. The Kier molecular flexibility index (Phi) is 3.24. The molecule has 2 rings (SSSR count). The molecule has 2 unspecified atom stereocenters. The second kappa shape index (κ2) is 4.52. The smallest absolute Gasteiger partial charge is 0.257 e. The van der Waals surface area contributed by atoms with Gasteiger partial charge in [0.2, 0.25) is 0 Å². The largest absolute Gasteiger partial charge is 0.382 e. The average Bonchev–Trinajstić information content (AvgIpc) is 2.84. The van der Waals surface area contributed by atoms with Crippen molar-refractivity contribution in [3.63, 3.8) is 0 Å². The third-order valence-corrected chi connectivity index (χ3v) is 4.26. The van der Waals surface area contributed by atoms with Crippen LogP contribution in [0, 0.1) is 11.8 Å². The minimum absolute atomic E-state index is 0.165. The number of hydrogen-bond acceptors (Lipinski definition) is 5. The van der Waals surface area contributed by atoms with Crippen LogP contribution in [0.25, 0.3) is 0 Å². The van der Waals surface area contributed by atoms with Crippen LogP contribution in [0.5, 0.6) is 0 Å². The Morgan fingerprint density at radius 2 is 2.35 bits per heavy atom. The maximum Gasteiger partial charge on any atom is 0.257 e. The van der Waals surface area contributed by atoms with Crippen molar-refractivity contribution in [1.82, 2.24) is 9.69 Å². The minimum atomic E-state index is -0.165. The minimum Gasteiger partial charge on any atom is -0.382 e. The van der Waals surface area contributed by atoms with Gasteiger partial charge in [-0.25, -0.2) is 0 Å². The van der Waals surface area contributed by atoms with Crippen LogP contribution in [0.15, 0.2) is 0 Å². The lowest BCUT2D eigenvalue weighted by molar-refractivity contribution is 0.0964. The molecule has 0 aromatic carbocycles. The molecule has 1 aromatic rings. The van der Waals surface area contributed by atoms with Crippen molar-refractivity contribution < 1.29 is 4.79 Å². The molecule has 1 amide bonds. The van der Waals surface area contributed by atoms with Gasteiger partial charge < -0.3 is 16.0 Å². The summed E-state index contributed by atoms with van der Waals surface area (Å²) in [6, 6.07) is 0. The molecule has 94 valence electrons.